The molecule has 0 heterocycles. The van der Waals surface area contributed by atoms with Gasteiger partial charge in [-0.1, -0.05) is 30.7 Å². The predicted octanol–water partition coefficient (Wildman–Crippen LogP) is 2.99. The van der Waals surface area contributed by atoms with Crippen molar-refractivity contribution >= 4 is 17.5 Å². The molecule has 3 nitrogen and oxygen atoms in total. The zero-order chi connectivity index (χ0) is 13.7. The Balaban J connectivity index is 1.86. The largest absolute Gasteiger partial charge is 0.349 e. The SMILES string of the molecule is CCNC1CCC(NC(=O)c2ccccc2Cl)CC1. The molecular formula is C15H21ClN2O. The molecule has 2 N–H and O–H groups in total. The van der Waals surface area contributed by atoms with Gasteiger partial charge in [0.25, 0.3) is 5.91 Å². The maximum absolute atomic E-state index is 12.1. The fourth-order valence-corrected chi connectivity index (χ4v) is 2.86. The first-order chi connectivity index (χ1) is 9.20. The minimum atomic E-state index is -0.0579. The van der Waals surface area contributed by atoms with Crippen molar-refractivity contribution < 1.29 is 4.79 Å². The fourth-order valence-electron chi connectivity index (χ4n) is 2.64. The molecule has 1 fully saturated rings. The van der Waals surface area contributed by atoms with Gasteiger partial charge in [0.05, 0.1) is 10.6 Å². The maximum Gasteiger partial charge on any atom is 0.253 e. The third-order valence-corrected chi connectivity index (χ3v) is 4.00. The molecule has 0 radical (unpaired) electrons. The van der Waals surface area contributed by atoms with Gasteiger partial charge in [-0.05, 0) is 44.4 Å². The monoisotopic (exact) mass is 280 g/mol. The molecular weight excluding hydrogens is 260 g/mol. The van der Waals surface area contributed by atoms with Crippen molar-refractivity contribution in [1.82, 2.24) is 10.6 Å². The van der Waals surface area contributed by atoms with Crippen molar-refractivity contribution in [2.45, 2.75) is 44.7 Å². The van der Waals surface area contributed by atoms with Crippen LogP contribution in [0.5, 0.6) is 0 Å². The van der Waals surface area contributed by atoms with Crippen molar-refractivity contribution in [3.05, 3.63) is 34.9 Å². The standard InChI is InChI=1S/C15H21ClN2O/c1-2-17-11-7-9-12(10-8-11)18-15(19)13-5-3-4-6-14(13)16/h3-6,11-12,17H,2,7-10H2,1H3,(H,18,19). The fraction of sp³-hybridized carbons (Fsp3) is 0.533. The molecule has 1 aromatic carbocycles. The zero-order valence-corrected chi connectivity index (χ0v) is 12.0. The van der Waals surface area contributed by atoms with Gasteiger partial charge < -0.3 is 10.6 Å². The highest BCUT2D eigenvalue weighted by Crippen LogP contribution is 2.20. The molecule has 0 aromatic heterocycles. The van der Waals surface area contributed by atoms with E-state index < -0.39 is 0 Å². The molecule has 4 heteroatoms. The molecule has 0 unspecified atom stereocenters. The van der Waals surface area contributed by atoms with E-state index in [9.17, 15) is 4.79 Å². The van der Waals surface area contributed by atoms with E-state index in [1.54, 1.807) is 12.1 Å². The number of benzene rings is 1. The van der Waals surface area contributed by atoms with Crippen molar-refractivity contribution in [2.75, 3.05) is 6.54 Å². The summed E-state index contributed by atoms with van der Waals surface area (Å²) in [6.07, 6.45) is 4.32. The van der Waals surface area contributed by atoms with E-state index in [4.69, 9.17) is 11.6 Å². The molecule has 1 aromatic rings. The lowest BCUT2D eigenvalue weighted by atomic mass is 9.91. The molecule has 1 aliphatic carbocycles. The second-order valence-electron chi connectivity index (χ2n) is 5.06. The van der Waals surface area contributed by atoms with Crippen LogP contribution in [0, 0.1) is 0 Å². The van der Waals surface area contributed by atoms with E-state index in [2.05, 4.69) is 17.6 Å². The van der Waals surface area contributed by atoms with Crippen LogP contribution in [0.1, 0.15) is 43.0 Å². The van der Waals surface area contributed by atoms with Crippen LogP contribution < -0.4 is 10.6 Å². The van der Waals surface area contributed by atoms with Crippen molar-refractivity contribution in [3.63, 3.8) is 0 Å². The first kappa shape index (κ1) is 14.4. The highest BCUT2D eigenvalue weighted by atomic mass is 35.5. The van der Waals surface area contributed by atoms with Crippen molar-refractivity contribution in [2.24, 2.45) is 0 Å². The number of carbonyl (C=O) groups excluding carboxylic acids is 1. The number of rotatable bonds is 4. The van der Waals surface area contributed by atoms with Crippen LogP contribution in [-0.2, 0) is 0 Å². The summed E-state index contributed by atoms with van der Waals surface area (Å²) in [4.78, 5) is 12.1. The topological polar surface area (TPSA) is 41.1 Å². The molecule has 1 amide bonds. The van der Waals surface area contributed by atoms with Crippen molar-refractivity contribution in [3.8, 4) is 0 Å². The zero-order valence-electron chi connectivity index (χ0n) is 11.3. The van der Waals surface area contributed by atoms with Crippen LogP contribution in [0.2, 0.25) is 5.02 Å². The Morgan fingerprint density at radius 2 is 1.84 bits per heavy atom. The molecule has 0 atom stereocenters. The summed E-state index contributed by atoms with van der Waals surface area (Å²) in [5.41, 5.74) is 0.568. The van der Waals surface area contributed by atoms with E-state index in [1.165, 1.54) is 0 Å². The average Bonchev–Trinajstić information content (AvgIpc) is 2.42. The Hall–Kier alpha value is -1.06. The predicted molar refractivity (Wildman–Crippen MR) is 78.6 cm³/mol. The third-order valence-electron chi connectivity index (χ3n) is 3.67. The summed E-state index contributed by atoms with van der Waals surface area (Å²) < 4.78 is 0. The molecule has 0 saturated heterocycles. The van der Waals surface area contributed by atoms with Gasteiger partial charge in [0, 0.05) is 12.1 Å². The summed E-state index contributed by atoms with van der Waals surface area (Å²) >= 11 is 6.03. The van der Waals surface area contributed by atoms with E-state index >= 15 is 0 Å². The maximum atomic E-state index is 12.1. The summed E-state index contributed by atoms with van der Waals surface area (Å²) in [5, 5.41) is 7.07. The van der Waals surface area contributed by atoms with Crippen LogP contribution in [0.15, 0.2) is 24.3 Å². The van der Waals surface area contributed by atoms with Gasteiger partial charge in [-0.3, -0.25) is 4.79 Å². The molecule has 104 valence electrons. The number of halogens is 1. The highest BCUT2D eigenvalue weighted by molar-refractivity contribution is 6.33. The van der Waals surface area contributed by atoms with Gasteiger partial charge in [0.2, 0.25) is 0 Å². The Kier molecular flexibility index (Phi) is 5.23. The normalized spacial score (nSPS) is 23.1. The van der Waals surface area contributed by atoms with Gasteiger partial charge >= 0.3 is 0 Å². The first-order valence-corrected chi connectivity index (χ1v) is 7.37. The summed E-state index contributed by atoms with van der Waals surface area (Å²) in [7, 11) is 0. The van der Waals surface area contributed by atoms with Crippen LogP contribution >= 0.6 is 11.6 Å². The van der Waals surface area contributed by atoms with E-state index in [0.29, 0.717) is 16.6 Å². The van der Waals surface area contributed by atoms with Crippen LogP contribution in [0.4, 0.5) is 0 Å². The molecule has 0 aliphatic heterocycles. The molecule has 0 spiro atoms. The van der Waals surface area contributed by atoms with E-state index in [-0.39, 0.29) is 11.9 Å². The Morgan fingerprint density at radius 1 is 1.21 bits per heavy atom. The van der Waals surface area contributed by atoms with Crippen LogP contribution in [0.25, 0.3) is 0 Å². The average molecular weight is 281 g/mol. The van der Waals surface area contributed by atoms with Crippen LogP contribution in [0.3, 0.4) is 0 Å². The van der Waals surface area contributed by atoms with Crippen molar-refractivity contribution in [1.29, 1.82) is 0 Å². The summed E-state index contributed by atoms with van der Waals surface area (Å²) in [6, 6.07) is 8.07. The molecule has 2 rings (SSSR count). The second-order valence-corrected chi connectivity index (χ2v) is 5.47. The lowest BCUT2D eigenvalue weighted by Crippen LogP contribution is -2.42. The molecule has 1 aliphatic rings. The third kappa shape index (κ3) is 3.95. The van der Waals surface area contributed by atoms with Gasteiger partial charge in [-0.25, -0.2) is 0 Å². The Morgan fingerprint density at radius 3 is 2.47 bits per heavy atom. The van der Waals surface area contributed by atoms with E-state index in [1.807, 2.05) is 12.1 Å². The van der Waals surface area contributed by atoms with Crippen LogP contribution in [-0.4, -0.2) is 24.5 Å². The summed E-state index contributed by atoms with van der Waals surface area (Å²) in [5.74, 6) is -0.0579. The van der Waals surface area contributed by atoms with Gasteiger partial charge in [0.15, 0.2) is 0 Å². The lowest BCUT2D eigenvalue weighted by Gasteiger charge is -2.29. The van der Waals surface area contributed by atoms with Gasteiger partial charge in [0.1, 0.15) is 0 Å². The lowest BCUT2D eigenvalue weighted by molar-refractivity contribution is 0.0924. The number of amides is 1. The number of hydrogen-bond acceptors (Lipinski definition) is 2. The number of hydrogen-bond donors (Lipinski definition) is 2. The Labute approximate surface area is 119 Å². The molecule has 1 saturated carbocycles. The number of nitrogens with one attached hydrogen (secondary N) is 2. The van der Waals surface area contributed by atoms with Gasteiger partial charge in [-0.15, -0.1) is 0 Å². The minimum absolute atomic E-state index is 0.0579. The highest BCUT2D eigenvalue weighted by Gasteiger charge is 2.22. The summed E-state index contributed by atoms with van der Waals surface area (Å²) in [6.45, 7) is 3.15. The Bertz CT molecular complexity index is 428. The number of carbonyl (C=O) groups is 1. The smallest absolute Gasteiger partial charge is 0.253 e. The molecule has 0 bridgehead atoms. The quantitative estimate of drug-likeness (QED) is 0.890. The molecule has 19 heavy (non-hydrogen) atoms. The first-order valence-electron chi connectivity index (χ1n) is 6.99. The minimum Gasteiger partial charge on any atom is -0.349 e. The van der Waals surface area contributed by atoms with Gasteiger partial charge in [-0.2, -0.15) is 0 Å². The second kappa shape index (κ2) is 6.92. The van der Waals surface area contributed by atoms with E-state index in [0.717, 1.165) is 32.2 Å².